The third-order valence-corrected chi connectivity index (χ3v) is 3.96. The van der Waals surface area contributed by atoms with Crippen LogP contribution >= 0.6 is 0 Å². The number of ether oxygens (including phenoxy) is 1. The van der Waals surface area contributed by atoms with Gasteiger partial charge in [0.2, 0.25) is 17.2 Å². The summed E-state index contributed by atoms with van der Waals surface area (Å²) in [6, 6.07) is 8.41. The Kier molecular flexibility index (Phi) is 4.33. The van der Waals surface area contributed by atoms with Gasteiger partial charge in [-0.3, -0.25) is 14.4 Å². The van der Waals surface area contributed by atoms with E-state index < -0.39 is 5.92 Å². The van der Waals surface area contributed by atoms with E-state index in [0.29, 0.717) is 11.4 Å². The Balaban J connectivity index is 1.70. The van der Waals surface area contributed by atoms with E-state index in [-0.39, 0.29) is 35.9 Å². The topological polar surface area (TPSA) is 91.5 Å². The predicted molar refractivity (Wildman–Crippen MR) is 89.1 cm³/mol. The molecule has 0 bridgehead atoms. The zero-order chi connectivity index (χ0) is 17.1. The molecule has 2 heterocycles. The largest absolute Gasteiger partial charge is 0.497 e. The molecule has 1 aromatic heterocycles. The quantitative estimate of drug-likeness (QED) is 0.887. The first kappa shape index (κ1) is 15.8. The van der Waals surface area contributed by atoms with Crippen molar-refractivity contribution in [3.8, 4) is 5.75 Å². The number of nitrogens with zero attached hydrogens (tertiary/aromatic N) is 1. The Morgan fingerprint density at radius 2 is 2.00 bits per heavy atom. The van der Waals surface area contributed by atoms with E-state index in [1.807, 2.05) is 0 Å². The van der Waals surface area contributed by atoms with Gasteiger partial charge in [0.25, 0.3) is 0 Å². The first-order valence-corrected chi connectivity index (χ1v) is 7.51. The fourth-order valence-corrected chi connectivity index (χ4v) is 2.64. The molecule has 1 saturated heterocycles. The molecule has 7 nitrogen and oxygen atoms in total. The SMILES string of the molecule is COc1ccc(N2C[C@@H](C(=O)Nc3c[nH]ccc3=O)CC2=O)cc1. The van der Waals surface area contributed by atoms with Crippen LogP contribution < -0.4 is 20.4 Å². The molecular formula is C17H17N3O4. The van der Waals surface area contributed by atoms with Crippen LogP contribution in [0.15, 0.2) is 47.5 Å². The summed E-state index contributed by atoms with van der Waals surface area (Å²) >= 11 is 0. The zero-order valence-electron chi connectivity index (χ0n) is 13.1. The van der Waals surface area contributed by atoms with Crippen molar-refractivity contribution in [2.24, 2.45) is 5.92 Å². The number of anilines is 2. The van der Waals surface area contributed by atoms with Gasteiger partial charge in [-0.1, -0.05) is 0 Å². The molecule has 1 aliphatic heterocycles. The summed E-state index contributed by atoms with van der Waals surface area (Å²) in [6.45, 7) is 0.279. The second kappa shape index (κ2) is 6.57. The lowest BCUT2D eigenvalue weighted by Crippen LogP contribution is -2.29. The fourth-order valence-electron chi connectivity index (χ4n) is 2.64. The lowest BCUT2D eigenvalue weighted by Gasteiger charge is -2.17. The van der Waals surface area contributed by atoms with E-state index in [1.54, 1.807) is 36.3 Å². The molecular weight excluding hydrogens is 310 g/mol. The number of hydrogen-bond donors (Lipinski definition) is 2. The van der Waals surface area contributed by atoms with Gasteiger partial charge in [-0.25, -0.2) is 0 Å². The standard InChI is InChI=1S/C17H17N3O4/c1-24-13-4-2-12(3-5-13)20-10-11(8-16(20)22)17(23)19-14-9-18-7-6-15(14)21/h2-7,9,11H,8,10H2,1H3,(H,18,21)(H,19,23)/t11-/m0/s1. The first-order valence-electron chi connectivity index (χ1n) is 7.51. The normalized spacial score (nSPS) is 17.0. The van der Waals surface area contributed by atoms with Gasteiger partial charge in [0.05, 0.1) is 13.0 Å². The number of H-pyrrole nitrogens is 1. The lowest BCUT2D eigenvalue weighted by atomic mass is 10.1. The van der Waals surface area contributed by atoms with Crippen LogP contribution in [-0.4, -0.2) is 30.5 Å². The summed E-state index contributed by atoms with van der Waals surface area (Å²) in [6.07, 6.45) is 3.03. The Morgan fingerprint density at radius 3 is 2.67 bits per heavy atom. The number of methoxy groups -OCH3 is 1. The van der Waals surface area contributed by atoms with Crippen LogP contribution in [0.25, 0.3) is 0 Å². The number of nitrogens with one attached hydrogen (secondary N) is 2. The summed E-state index contributed by atoms with van der Waals surface area (Å²) in [5, 5.41) is 2.58. The van der Waals surface area contributed by atoms with E-state index in [9.17, 15) is 14.4 Å². The van der Waals surface area contributed by atoms with E-state index in [2.05, 4.69) is 10.3 Å². The second-order valence-corrected chi connectivity index (χ2v) is 5.51. The van der Waals surface area contributed by atoms with Gasteiger partial charge in [0.15, 0.2) is 0 Å². The van der Waals surface area contributed by atoms with Crippen LogP contribution in [-0.2, 0) is 9.59 Å². The number of pyridine rings is 1. The summed E-state index contributed by atoms with van der Waals surface area (Å²) in [7, 11) is 1.57. The molecule has 24 heavy (non-hydrogen) atoms. The van der Waals surface area contributed by atoms with Crippen molar-refractivity contribution in [2.75, 3.05) is 23.9 Å². The minimum atomic E-state index is -0.501. The predicted octanol–water partition coefficient (Wildman–Crippen LogP) is 1.38. The molecule has 1 atom stereocenters. The molecule has 1 aliphatic rings. The number of carbonyl (C=O) groups is 2. The Bertz CT molecular complexity index is 813. The number of aromatic amines is 1. The number of aromatic nitrogens is 1. The molecule has 0 aliphatic carbocycles. The van der Waals surface area contributed by atoms with E-state index in [0.717, 1.165) is 0 Å². The average Bonchev–Trinajstić information content (AvgIpc) is 2.99. The van der Waals surface area contributed by atoms with Gasteiger partial charge in [-0.15, -0.1) is 0 Å². The molecule has 124 valence electrons. The molecule has 1 aromatic carbocycles. The molecule has 7 heteroatoms. The Labute approximate surface area is 138 Å². The monoisotopic (exact) mass is 327 g/mol. The lowest BCUT2D eigenvalue weighted by molar-refractivity contribution is -0.122. The molecule has 0 spiro atoms. The highest BCUT2D eigenvalue weighted by Crippen LogP contribution is 2.27. The van der Waals surface area contributed by atoms with Gasteiger partial charge < -0.3 is 19.9 Å². The van der Waals surface area contributed by atoms with Crippen molar-refractivity contribution in [3.63, 3.8) is 0 Å². The van der Waals surface area contributed by atoms with E-state index in [1.165, 1.54) is 18.5 Å². The molecule has 0 saturated carbocycles. The van der Waals surface area contributed by atoms with Crippen molar-refractivity contribution >= 4 is 23.2 Å². The van der Waals surface area contributed by atoms with Crippen LogP contribution in [0, 0.1) is 5.92 Å². The molecule has 2 N–H and O–H groups in total. The molecule has 1 fully saturated rings. The summed E-state index contributed by atoms with van der Waals surface area (Å²) in [4.78, 5) is 40.5. The smallest absolute Gasteiger partial charge is 0.229 e. The van der Waals surface area contributed by atoms with E-state index in [4.69, 9.17) is 4.74 Å². The maximum atomic E-state index is 12.3. The number of amides is 2. The zero-order valence-corrected chi connectivity index (χ0v) is 13.1. The fraction of sp³-hybridized carbons (Fsp3) is 0.235. The van der Waals surface area contributed by atoms with Gasteiger partial charge in [0.1, 0.15) is 11.4 Å². The average molecular weight is 327 g/mol. The van der Waals surface area contributed by atoms with Crippen LogP contribution in [0.1, 0.15) is 6.42 Å². The van der Waals surface area contributed by atoms with Crippen LogP contribution in [0.5, 0.6) is 5.75 Å². The van der Waals surface area contributed by atoms with Gasteiger partial charge >= 0.3 is 0 Å². The first-order chi connectivity index (χ1) is 11.6. The van der Waals surface area contributed by atoms with Crippen molar-refractivity contribution in [3.05, 3.63) is 52.9 Å². The third kappa shape index (κ3) is 3.15. The summed E-state index contributed by atoms with van der Waals surface area (Å²) < 4.78 is 5.10. The third-order valence-electron chi connectivity index (χ3n) is 3.96. The molecule has 2 amide bonds. The van der Waals surface area contributed by atoms with Crippen molar-refractivity contribution in [2.45, 2.75) is 6.42 Å². The maximum absolute atomic E-state index is 12.3. The van der Waals surface area contributed by atoms with Gasteiger partial charge in [0, 0.05) is 37.1 Å². The van der Waals surface area contributed by atoms with Crippen molar-refractivity contribution in [1.29, 1.82) is 0 Å². The van der Waals surface area contributed by atoms with Crippen molar-refractivity contribution in [1.82, 2.24) is 4.98 Å². The minimum absolute atomic E-state index is 0.114. The van der Waals surface area contributed by atoms with Gasteiger partial charge in [-0.05, 0) is 24.3 Å². The van der Waals surface area contributed by atoms with Crippen LogP contribution in [0.3, 0.4) is 0 Å². The molecule has 2 aromatic rings. The molecule has 3 rings (SSSR count). The van der Waals surface area contributed by atoms with E-state index >= 15 is 0 Å². The van der Waals surface area contributed by atoms with Crippen LogP contribution in [0.2, 0.25) is 0 Å². The highest BCUT2D eigenvalue weighted by Gasteiger charge is 2.35. The molecule has 0 unspecified atom stereocenters. The highest BCUT2D eigenvalue weighted by atomic mass is 16.5. The number of benzene rings is 1. The minimum Gasteiger partial charge on any atom is -0.497 e. The van der Waals surface area contributed by atoms with Crippen molar-refractivity contribution < 1.29 is 14.3 Å². The molecule has 0 radical (unpaired) electrons. The second-order valence-electron chi connectivity index (χ2n) is 5.51. The number of carbonyl (C=O) groups excluding carboxylic acids is 2. The highest BCUT2D eigenvalue weighted by molar-refractivity contribution is 6.03. The summed E-state index contributed by atoms with van der Waals surface area (Å²) in [5.74, 6) is -0.263. The van der Waals surface area contributed by atoms with Gasteiger partial charge in [-0.2, -0.15) is 0 Å². The number of hydrogen-bond acceptors (Lipinski definition) is 4. The Hall–Kier alpha value is -3.09. The van der Waals surface area contributed by atoms with Crippen LogP contribution in [0.4, 0.5) is 11.4 Å². The number of rotatable bonds is 4. The maximum Gasteiger partial charge on any atom is 0.229 e. The Morgan fingerprint density at radius 1 is 1.25 bits per heavy atom. The summed E-state index contributed by atoms with van der Waals surface area (Å²) in [5.41, 5.74) is 0.616.